The molecule has 0 saturated carbocycles. The van der Waals surface area contributed by atoms with Gasteiger partial charge in [-0.2, -0.15) is 0 Å². The van der Waals surface area contributed by atoms with Crippen molar-refractivity contribution in [1.29, 1.82) is 0 Å². The van der Waals surface area contributed by atoms with Crippen molar-refractivity contribution in [3.63, 3.8) is 0 Å². The molecule has 0 atom stereocenters. The fourth-order valence-corrected chi connectivity index (χ4v) is 4.49. The Hall–Kier alpha value is -2.85. The highest BCUT2D eigenvalue weighted by Gasteiger charge is 2.25. The fraction of sp³-hybridized carbons (Fsp3) is 0.478. The van der Waals surface area contributed by atoms with E-state index in [9.17, 15) is 14.4 Å². The summed E-state index contributed by atoms with van der Waals surface area (Å²) in [5.41, 5.74) is 2.06. The van der Waals surface area contributed by atoms with Crippen LogP contribution in [0, 0.1) is 0 Å². The third kappa shape index (κ3) is 6.35. The van der Waals surface area contributed by atoms with E-state index in [2.05, 4.69) is 4.98 Å². The topological polar surface area (TPSA) is 94.0 Å². The molecule has 178 valence electrons. The highest BCUT2D eigenvalue weighted by Crippen LogP contribution is 2.19. The minimum absolute atomic E-state index is 0.0561. The lowest BCUT2D eigenvalue weighted by Crippen LogP contribution is -2.51. The van der Waals surface area contributed by atoms with E-state index in [4.69, 9.17) is 9.47 Å². The smallest absolute Gasteiger partial charge is 0.409 e. The summed E-state index contributed by atoms with van der Waals surface area (Å²) in [5, 5.41) is 0.474. The van der Waals surface area contributed by atoms with Crippen LogP contribution in [0.15, 0.2) is 40.3 Å². The van der Waals surface area contributed by atoms with Crippen molar-refractivity contribution in [3.8, 4) is 0 Å². The number of amides is 2. The van der Waals surface area contributed by atoms with Crippen LogP contribution in [0.5, 0.6) is 0 Å². The van der Waals surface area contributed by atoms with Gasteiger partial charge in [0.25, 0.3) is 5.56 Å². The Balaban J connectivity index is 1.67. The molecular weight excluding hydrogens is 444 g/mol. The highest BCUT2D eigenvalue weighted by molar-refractivity contribution is 7.99. The summed E-state index contributed by atoms with van der Waals surface area (Å²) in [6, 6.07) is 9.75. The van der Waals surface area contributed by atoms with Gasteiger partial charge in [0.2, 0.25) is 5.91 Å². The van der Waals surface area contributed by atoms with Crippen LogP contribution in [0.25, 0.3) is 0 Å². The van der Waals surface area contributed by atoms with Crippen molar-refractivity contribution >= 4 is 23.8 Å². The van der Waals surface area contributed by atoms with Crippen molar-refractivity contribution in [2.45, 2.75) is 25.1 Å². The maximum Gasteiger partial charge on any atom is 0.409 e. The van der Waals surface area contributed by atoms with Crippen molar-refractivity contribution in [2.75, 3.05) is 45.6 Å². The van der Waals surface area contributed by atoms with E-state index in [1.165, 1.54) is 16.3 Å². The first kappa shape index (κ1) is 24.8. The third-order valence-corrected chi connectivity index (χ3v) is 6.43. The fourth-order valence-electron chi connectivity index (χ4n) is 3.60. The zero-order valence-corrected chi connectivity index (χ0v) is 20.1. The van der Waals surface area contributed by atoms with Gasteiger partial charge in [0.1, 0.15) is 0 Å². The molecule has 0 bridgehead atoms. The normalized spacial score (nSPS) is 13.8. The average molecular weight is 475 g/mol. The second-order valence-electron chi connectivity index (χ2n) is 7.63. The van der Waals surface area contributed by atoms with Crippen LogP contribution in [-0.2, 0) is 34.3 Å². The van der Waals surface area contributed by atoms with Gasteiger partial charge in [0, 0.05) is 52.3 Å². The standard InChI is InChI=1S/C23H30N4O5S/c1-4-32-23(30)27-12-10-26(11-13-27)20(28)16-33-22-24-19(15-31-3)18(21(29)25(22)2)14-17-8-6-5-7-9-17/h5-9H,4,10-16H2,1-3H3. The number of piperazine rings is 1. The molecule has 1 aliphatic heterocycles. The maximum absolute atomic E-state index is 13.1. The Morgan fingerprint density at radius 2 is 1.76 bits per heavy atom. The van der Waals surface area contributed by atoms with E-state index in [-0.39, 0.29) is 29.9 Å². The molecule has 33 heavy (non-hydrogen) atoms. The number of carbonyl (C=O) groups excluding carboxylic acids is 2. The quantitative estimate of drug-likeness (QED) is 0.426. The Morgan fingerprint density at radius 3 is 2.39 bits per heavy atom. The Morgan fingerprint density at radius 1 is 1.09 bits per heavy atom. The molecule has 1 saturated heterocycles. The molecule has 1 aliphatic rings. The number of hydrogen-bond acceptors (Lipinski definition) is 7. The van der Waals surface area contributed by atoms with Gasteiger partial charge in [-0.15, -0.1) is 0 Å². The van der Waals surface area contributed by atoms with E-state index in [0.29, 0.717) is 55.6 Å². The summed E-state index contributed by atoms with van der Waals surface area (Å²) in [7, 11) is 3.24. The number of carbonyl (C=O) groups is 2. The van der Waals surface area contributed by atoms with Gasteiger partial charge < -0.3 is 19.3 Å². The van der Waals surface area contributed by atoms with Gasteiger partial charge in [0.05, 0.1) is 24.7 Å². The lowest BCUT2D eigenvalue weighted by molar-refractivity contribution is -0.129. The summed E-state index contributed by atoms with van der Waals surface area (Å²) in [6.07, 6.45) is 0.118. The summed E-state index contributed by atoms with van der Waals surface area (Å²) in [4.78, 5) is 45.6. The molecule has 1 aromatic heterocycles. The molecule has 2 aromatic rings. The number of hydrogen-bond donors (Lipinski definition) is 0. The van der Waals surface area contributed by atoms with Crippen LogP contribution in [0.1, 0.15) is 23.7 Å². The summed E-state index contributed by atoms with van der Waals surface area (Å²) in [6.45, 7) is 4.11. The molecule has 1 aromatic carbocycles. The third-order valence-electron chi connectivity index (χ3n) is 5.42. The van der Waals surface area contributed by atoms with E-state index >= 15 is 0 Å². The number of aromatic nitrogens is 2. The first-order chi connectivity index (χ1) is 15.9. The van der Waals surface area contributed by atoms with Gasteiger partial charge in [0.15, 0.2) is 5.16 Å². The Bertz CT molecular complexity index is 1020. The molecule has 0 aliphatic carbocycles. The monoisotopic (exact) mass is 474 g/mol. The van der Waals surface area contributed by atoms with Crippen LogP contribution in [0.2, 0.25) is 0 Å². The predicted octanol–water partition coefficient (Wildman–Crippen LogP) is 1.91. The van der Waals surface area contributed by atoms with Gasteiger partial charge in [-0.1, -0.05) is 42.1 Å². The molecular formula is C23H30N4O5S. The maximum atomic E-state index is 13.1. The second kappa shape index (κ2) is 11.9. The van der Waals surface area contributed by atoms with Crippen molar-refractivity contribution in [3.05, 3.63) is 57.5 Å². The van der Waals surface area contributed by atoms with Gasteiger partial charge in [-0.25, -0.2) is 9.78 Å². The average Bonchev–Trinajstić information content (AvgIpc) is 2.83. The SMILES string of the molecule is CCOC(=O)N1CCN(C(=O)CSc2nc(COC)c(Cc3ccccc3)c(=O)n2C)CC1. The van der Waals surface area contributed by atoms with Crippen LogP contribution in [-0.4, -0.2) is 77.0 Å². The summed E-state index contributed by atoms with van der Waals surface area (Å²) < 4.78 is 11.8. The predicted molar refractivity (Wildman–Crippen MR) is 125 cm³/mol. The molecule has 2 heterocycles. The minimum atomic E-state index is -0.348. The van der Waals surface area contributed by atoms with E-state index < -0.39 is 0 Å². The van der Waals surface area contributed by atoms with Gasteiger partial charge in [-0.05, 0) is 12.5 Å². The first-order valence-corrected chi connectivity index (χ1v) is 11.9. The van der Waals surface area contributed by atoms with Crippen molar-refractivity contribution in [2.24, 2.45) is 7.05 Å². The lowest BCUT2D eigenvalue weighted by atomic mass is 10.0. The minimum Gasteiger partial charge on any atom is -0.450 e. The number of rotatable bonds is 8. The summed E-state index contributed by atoms with van der Waals surface area (Å²) in [5.74, 6) is 0.101. The van der Waals surface area contributed by atoms with Crippen LogP contribution in [0.4, 0.5) is 4.79 Å². The van der Waals surface area contributed by atoms with E-state index in [0.717, 1.165) is 5.56 Å². The zero-order valence-electron chi connectivity index (χ0n) is 19.3. The highest BCUT2D eigenvalue weighted by atomic mass is 32.2. The number of benzene rings is 1. The van der Waals surface area contributed by atoms with Gasteiger partial charge in [-0.3, -0.25) is 14.2 Å². The number of methoxy groups -OCH3 is 1. The van der Waals surface area contributed by atoms with Crippen LogP contribution in [0.3, 0.4) is 0 Å². The molecule has 0 unspecified atom stereocenters. The van der Waals surface area contributed by atoms with Crippen molar-refractivity contribution in [1.82, 2.24) is 19.4 Å². The number of nitrogens with zero attached hydrogens (tertiary/aromatic N) is 4. The van der Waals surface area contributed by atoms with Crippen molar-refractivity contribution < 1.29 is 19.1 Å². The molecule has 1 fully saturated rings. The molecule has 0 spiro atoms. The summed E-state index contributed by atoms with van der Waals surface area (Å²) >= 11 is 1.23. The van der Waals surface area contributed by atoms with Gasteiger partial charge >= 0.3 is 6.09 Å². The number of ether oxygens (including phenoxy) is 2. The largest absolute Gasteiger partial charge is 0.450 e. The first-order valence-electron chi connectivity index (χ1n) is 10.9. The van der Waals surface area contributed by atoms with Crippen LogP contribution >= 0.6 is 11.8 Å². The van der Waals surface area contributed by atoms with E-state index in [1.54, 1.807) is 30.9 Å². The van der Waals surface area contributed by atoms with E-state index in [1.807, 2.05) is 30.3 Å². The molecule has 3 rings (SSSR count). The second-order valence-corrected chi connectivity index (χ2v) is 8.58. The molecule has 9 nitrogen and oxygen atoms in total. The molecule has 2 amide bonds. The zero-order chi connectivity index (χ0) is 23.8. The van der Waals surface area contributed by atoms with Crippen LogP contribution < -0.4 is 5.56 Å². The molecule has 0 radical (unpaired) electrons. The Labute approximate surface area is 197 Å². The number of thioether (sulfide) groups is 1. The Kier molecular flexibility index (Phi) is 8.90. The molecule has 10 heteroatoms. The molecule has 0 N–H and O–H groups in total. The lowest BCUT2D eigenvalue weighted by Gasteiger charge is -2.34.